The Morgan fingerprint density at radius 1 is 1.39 bits per heavy atom. The molecule has 0 spiro atoms. The number of hydrogen-bond acceptors (Lipinski definition) is 2. The topological polar surface area (TPSA) is 29.9 Å². The average Bonchev–Trinajstić information content (AvgIpc) is 2.44. The molecular weight excluding hydrogens is 246 g/mol. The van der Waals surface area contributed by atoms with Crippen molar-refractivity contribution in [3.05, 3.63) is 16.4 Å². The Bertz CT molecular complexity index is 394. The third kappa shape index (κ3) is 4.29. The van der Waals surface area contributed by atoms with Gasteiger partial charge >= 0.3 is 0 Å². The van der Waals surface area contributed by atoms with Gasteiger partial charge in [-0.15, -0.1) is 0 Å². The van der Waals surface area contributed by atoms with Gasteiger partial charge in [0.2, 0.25) is 0 Å². The fourth-order valence-corrected chi connectivity index (χ4v) is 2.38. The van der Waals surface area contributed by atoms with Crippen LogP contribution in [-0.2, 0) is 13.5 Å². The molecule has 0 atom stereocenters. The number of rotatable bonds is 6. The van der Waals surface area contributed by atoms with Crippen LogP contribution in [0.4, 0.5) is 0 Å². The van der Waals surface area contributed by atoms with Gasteiger partial charge in [0.25, 0.3) is 0 Å². The van der Waals surface area contributed by atoms with E-state index >= 15 is 0 Å². The Morgan fingerprint density at radius 3 is 2.44 bits per heavy atom. The highest BCUT2D eigenvalue weighted by molar-refractivity contribution is 6.30. The van der Waals surface area contributed by atoms with Crippen molar-refractivity contribution in [3.8, 4) is 0 Å². The van der Waals surface area contributed by atoms with E-state index in [4.69, 9.17) is 11.6 Å². The summed E-state index contributed by atoms with van der Waals surface area (Å²) >= 11 is 6.29. The maximum absolute atomic E-state index is 6.29. The maximum Gasteiger partial charge on any atom is 0.130 e. The van der Waals surface area contributed by atoms with Crippen molar-refractivity contribution < 1.29 is 0 Å². The zero-order chi connectivity index (χ0) is 13.9. The summed E-state index contributed by atoms with van der Waals surface area (Å²) < 4.78 is 1.76. The van der Waals surface area contributed by atoms with E-state index in [1.807, 2.05) is 14.0 Å². The second-order valence-electron chi connectivity index (χ2n) is 6.18. The first-order valence-corrected chi connectivity index (χ1v) is 7.02. The van der Waals surface area contributed by atoms with Gasteiger partial charge in [0.1, 0.15) is 5.15 Å². The molecule has 0 aliphatic carbocycles. The first kappa shape index (κ1) is 15.5. The SMILES string of the molecule is Cc1nn(C)c(Cl)c1CC(C)(C)CCNC(C)C. The van der Waals surface area contributed by atoms with Gasteiger partial charge in [0, 0.05) is 18.7 Å². The predicted octanol–water partition coefficient (Wildman–Crippen LogP) is 3.34. The summed E-state index contributed by atoms with van der Waals surface area (Å²) in [6, 6.07) is 0.546. The summed E-state index contributed by atoms with van der Waals surface area (Å²) in [5.74, 6) is 0. The molecule has 1 heterocycles. The molecule has 1 aromatic rings. The summed E-state index contributed by atoms with van der Waals surface area (Å²) in [6.45, 7) is 12.0. The zero-order valence-corrected chi connectivity index (χ0v) is 13.2. The van der Waals surface area contributed by atoms with Crippen molar-refractivity contribution in [1.29, 1.82) is 0 Å². The molecular formula is C14H26ClN3. The van der Waals surface area contributed by atoms with E-state index in [0.29, 0.717) is 6.04 Å². The lowest BCUT2D eigenvalue weighted by Gasteiger charge is -2.25. The minimum atomic E-state index is 0.235. The Morgan fingerprint density at radius 2 is 2.00 bits per heavy atom. The number of nitrogens with one attached hydrogen (secondary N) is 1. The van der Waals surface area contributed by atoms with E-state index in [9.17, 15) is 0 Å². The number of aromatic nitrogens is 2. The summed E-state index contributed by atoms with van der Waals surface area (Å²) in [5.41, 5.74) is 2.47. The van der Waals surface area contributed by atoms with E-state index < -0.39 is 0 Å². The normalized spacial score (nSPS) is 12.4. The lowest BCUT2D eigenvalue weighted by Crippen LogP contribution is -2.28. The fraction of sp³-hybridized carbons (Fsp3) is 0.786. The molecule has 104 valence electrons. The minimum Gasteiger partial charge on any atom is -0.315 e. The molecule has 0 unspecified atom stereocenters. The van der Waals surface area contributed by atoms with Gasteiger partial charge in [-0.2, -0.15) is 5.10 Å². The summed E-state index contributed by atoms with van der Waals surface area (Å²) in [6.07, 6.45) is 2.11. The second kappa shape index (κ2) is 6.07. The van der Waals surface area contributed by atoms with Gasteiger partial charge in [-0.25, -0.2) is 0 Å². The average molecular weight is 272 g/mol. The highest BCUT2D eigenvalue weighted by Gasteiger charge is 2.23. The van der Waals surface area contributed by atoms with Crippen LogP contribution in [0.2, 0.25) is 5.15 Å². The Kier molecular flexibility index (Phi) is 5.23. The molecule has 0 aliphatic heterocycles. The lowest BCUT2D eigenvalue weighted by molar-refractivity contribution is 0.320. The van der Waals surface area contributed by atoms with Crippen molar-refractivity contribution in [2.75, 3.05) is 6.54 Å². The van der Waals surface area contributed by atoms with E-state index in [1.165, 1.54) is 5.56 Å². The van der Waals surface area contributed by atoms with Crippen molar-refractivity contribution >= 4 is 11.6 Å². The monoisotopic (exact) mass is 271 g/mol. The highest BCUT2D eigenvalue weighted by Crippen LogP contribution is 2.30. The van der Waals surface area contributed by atoms with Gasteiger partial charge in [-0.1, -0.05) is 39.3 Å². The lowest BCUT2D eigenvalue weighted by atomic mass is 9.82. The molecule has 0 aliphatic rings. The first-order valence-electron chi connectivity index (χ1n) is 6.64. The molecule has 1 aromatic heterocycles. The number of nitrogens with zero attached hydrogens (tertiary/aromatic N) is 2. The molecule has 3 nitrogen and oxygen atoms in total. The fourth-order valence-electron chi connectivity index (χ4n) is 2.14. The largest absolute Gasteiger partial charge is 0.315 e. The molecule has 4 heteroatoms. The van der Waals surface area contributed by atoms with Crippen molar-refractivity contribution in [1.82, 2.24) is 15.1 Å². The van der Waals surface area contributed by atoms with Gasteiger partial charge < -0.3 is 5.32 Å². The van der Waals surface area contributed by atoms with Crippen LogP contribution in [-0.4, -0.2) is 22.4 Å². The Labute approximate surface area is 116 Å². The molecule has 0 aromatic carbocycles. The van der Waals surface area contributed by atoms with Crippen molar-refractivity contribution in [3.63, 3.8) is 0 Å². The molecule has 0 bridgehead atoms. The van der Waals surface area contributed by atoms with Crippen LogP contribution >= 0.6 is 11.6 Å². The molecule has 0 saturated carbocycles. The van der Waals surface area contributed by atoms with Crippen LogP contribution in [0.3, 0.4) is 0 Å². The van der Waals surface area contributed by atoms with Gasteiger partial charge in [-0.3, -0.25) is 4.68 Å². The van der Waals surface area contributed by atoms with Crippen LogP contribution in [0.1, 0.15) is 45.4 Å². The Hall–Kier alpha value is -0.540. The second-order valence-corrected chi connectivity index (χ2v) is 6.54. The number of hydrogen-bond donors (Lipinski definition) is 1. The van der Waals surface area contributed by atoms with E-state index in [0.717, 1.165) is 30.2 Å². The quantitative estimate of drug-likeness (QED) is 0.860. The third-order valence-electron chi connectivity index (χ3n) is 3.28. The van der Waals surface area contributed by atoms with Gasteiger partial charge in [0.15, 0.2) is 0 Å². The maximum atomic E-state index is 6.29. The molecule has 18 heavy (non-hydrogen) atoms. The van der Waals surface area contributed by atoms with Crippen LogP contribution in [0.25, 0.3) is 0 Å². The zero-order valence-electron chi connectivity index (χ0n) is 12.5. The molecule has 0 amide bonds. The van der Waals surface area contributed by atoms with Gasteiger partial charge in [0.05, 0.1) is 5.69 Å². The smallest absolute Gasteiger partial charge is 0.130 e. The van der Waals surface area contributed by atoms with Gasteiger partial charge in [-0.05, 0) is 31.7 Å². The van der Waals surface area contributed by atoms with Crippen molar-refractivity contribution in [2.45, 2.75) is 53.5 Å². The highest BCUT2D eigenvalue weighted by atomic mass is 35.5. The third-order valence-corrected chi connectivity index (χ3v) is 3.75. The molecule has 0 fully saturated rings. The summed E-state index contributed by atoms with van der Waals surface area (Å²) in [7, 11) is 1.89. The molecule has 0 radical (unpaired) electrons. The van der Waals surface area contributed by atoms with Crippen molar-refractivity contribution in [2.24, 2.45) is 12.5 Å². The molecule has 0 saturated heterocycles. The van der Waals surface area contributed by atoms with Crippen LogP contribution in [0.15, 0.2) is 0 Å². The minimum absolute atomic E-state index is 0.235. The number of halogens is 1. The van der Waals surface area contributed by atoms with Crippen LogP contribution in [0.5, 0.6) is 0 Å². The summed E-state index contributed by atoms with van der Waals surface area (Å²) in [4.78, 5) is 0. The van der Waals surface area contributed by atoms with E-state index in [1.54, 1.807) is 4.68 Å². The molecule has 1 rings (SSSR count). The van der Waals surface area contributed by atoms with E-state index in [2.05, 4.69) is 38.1 Å². The predicted molar refractivity (Wildman–Crippen MR) is 78.2 cm³/mol. The number of aryl methyl sites for hydroxylation is 2. The first-order chi connectivity index (χ1) is 8.23. The van der Waals surface area contributed by atoms with Crippen LogP contribution in [0, 0.1) is 12.3 Å². The van der Waals surface area contributed by atoms with E-state index in [-0.39, 0.29) is 5.41 Å². The van der Waals surface area contributed by atoms with Crippen LogP contribution < -0.4 is 5.32 Å². The summed E-state index contributed by atoms with van der Waals surface area (Å²) in [5, 5.41) is 8.62. The molecule has 1 N–H and O–H groups in total. The standard InChI is InChI=1S/C14H26ClN3/c1-10(2)16-8-7-14(4,5)9-12-11(3)17-18(6)13(12)15/h10,16H,7-9H2,1-6H3. The Balaban J connectivity index is 2.64.